The van der Waals surface area contributed by atoms with Gasteiger partial charge in [0.25, 0.3) is 5.69 Å². The highest BCUT2D eigenvalue weighted by molar-refractivity contribution is 5.81. The van der Waals surface area contributed by atoms with E-state index in [0.29, 0.717) is 5.69 Å². The SMILES string of the molecule is O=[N+]([O-])c1ccc(N/N=C\c2ccc(N3Cc4ccccc4C3)cc2)cc1. The van der Waals surface area contributed by atoms with Crippen LogP contribution in [0.3, 0.4) is 0 Å². The highest BCUT2D eigenvalue weighted by Gasteiger charge is 2.18. The van der Waals surface area contributed by atoms with Crippen molar-refractivity contribution in [3.05, 3.63) is 99.6 Å². The number of hydrazone groups is 1. The van der Waals surface area contributed by atoms with Crippen LogP contribution in [0.25, 0.3) is 0 Å². The maximum atomic E-state index is 10.7. The lowest BCUT2D eigenvalue weighted by molar-refractivity contribution is -0.384. The number of nitro benzene ring substituents is 1. The van der Waals surface area contributed by atoms with Gasteiger partial charge in [0.05, 0.1) is 16.8 Å². The van der Waals surface area contributed by atoms with Gasteiger partial charge in [-0.2, -0.15) is 5.10 Å². The molecule has 0 spiro atoms. The number of rotatable bonds is 5. The Kier molecular flexibility index (Phi) is 4.53. The maximum Gasteiger partial charge on any atom is 0.269 e. The zero-order valence-electron chi connectivity index (χ0n) is 14.6. The molecule has 3 aromatic rings. The van der Waals surface area contributed by atoms with Gasteiger partial charge in [-0.1, -0.05) is 36.4 Å². The number of non-ortho nitro benzene ring substituents is 1. The molecule has 0 atom stereocenters. The first kappa shape index (κ1) is 16.8. The molecule has 0 fully saturated rings. The zero-order chi connectivity index (χ0) is 18.6. The van der Waals surface area contributed by atoms with Crippen LogP contribution in [0.15, 0.2) is 77.9 Å². The van der Waals surface area contributed by atoms with Gasteiger partial charge in [0.15, 0.2) is 0 Å². The van der Waals surface area contributed by atoms with Crippen LogP contribution >= 0.6 is 0 Å². The summed E-state index contributed by atoms with van der Waals surface area (Å²) in [6.07, 6.45) is 1.73. The van der Waals surface area contributed by atoms with E-state index in [4.69, 9.17) is 0 Å². The minimum absolute atomic E-state index is 0.0594. The zero-order valence-corrected chi connectivity index (χ0v) is 14.6. The minimum atomic E-state index is -0.423. The molecule has 3 aromatic carbocycles. The molecule has 6 heteroatoms. The Morgan fingerprint density at radius 1 is 0.926 bits per heavy atom. The van der Waals surface area contributed by atoms with Gasteiger partial charge in [-0.05, 0) is 41.0 Å². The number of nitrogens with one attached hydrogen (secondary N) is 1. The molecule has 134 valence electrons. The van der Waals surface area contributed by atoms with Gasteiger partial charge in [-0.3, -0.25) is 15.5 Å². The summed E-state index contributed by atoms with van der Waals surface area (Å²) in [5.41, 5.74) is 8.57. The lowest BCUT2D eigenvalue weighted by Crippen LogP contribution is -2.14. The summed E-state index contributed by atoms with van der Waals surface area (Å²) < 4.78 is 0. The average molecular weight is 358 g/mol. The lowest BCUT2D eigenvalue weighted by atomic mass is 10.1. The summed E-state index contributed by atoms with van der Waals surface area (Å²) in [5, 5.41) is 14.8. The standard InChI is InChI=1S/C21H18N4O2/c26-25(27)21-11-7-19(8-12-21)23-22-13-16-5-9-20(10-6-16)24-14-17-3-1-2-4-18(17)15-24/h1-13,23H,14-15H2/b22-13-. The number of hydrogen-bond acceptors (Lipinski definition) is 5. The summed E-state index contributed by atoms with van der Waals surface area (Å²) in [5.74, 6) is 0. The van der Waals surface area contributed by atoms with Gasteiger partial charge in [-0.15, -0.1) is 0 Å². The largest absolute Gasteiger partial charge is 0.363 e. The highest BCUT2D eigenvalue weighted by Crippen LogP contribution is 2.28. The Balaban J connectivity index is 1.37. The average Bonchev–Trinajstić information content (AvgIpc) is 3.13. The van der Waals surface area contributed by atoms with E-state index >= 15 is 0 Å². The molecule has 0 amide bonds. The first-order valence-corrected chi connectivity index (χ1v) is 8.64. The van der Waals surface area contributed by atoms with Gasteiger partial charge >= 0.3 is 0 Å². The quantitative estimate of drug-likeness (QED) is 0.412. The Bertz CT molecular complexity index is 957. The minimum Gasteiger partial charge on any atom is -0.363 e. The van der Waals surface area contributed by atoms with Crippen molar-refractivity contribution in [3.8, 4) is 0 Å². The van der Waals surface area contributed by atoms with Gasteiger partial charge in [0.1, 0.15) is 0 Å². The molecule has 1 aliphatic rings. The van der Waals surface area contributed by atoms with Crippen molar-refractivity contribution in [2.75, 3.05) is 10.3 Å². The number of anilines is 2. The van der Waals surface area contributed by atoms with Gasteiger partial charge in [-0.25, -0.2) is 0 Å². The smallest absolute Gasteiger partial charge is 0.269 e. The van der Waals surface area contributed by atoms with Crippen LogP contribution in [-0.4, -0.2) is 11.1 Å². The van der Waals surface area contributed by atoms with Crippen LogP contribution in [0.1, 0.15) is 16.7 Å². The highest BCUT2D eigenvalue weighted by atomic mass is 16.6. The summed E-state index contributed by atoms with van der Waals surface area (Å²) in [6.45, 7) is 1.87. The second-order valence-electron chi connectivity index (χ2n) is 6.39. The molecule has 0 unspecified atom stereocenters. The molecule has 1 aliphatic heterocycles. The number of hydrogen-bond donors (Lipinski definition) is 1. The van der Waals surface area contributed by atoms with Crippen molar-refractivity contribution >= 4 is 23.3 Å². The van der Waals surface area contributed by atoms with Gasteiger partial charge < -0.3 is 4.90 Å². The molecule has 0 saturated carbocycles. The topological polar surface area (TPSA) is 70.8 Å². The van der Waals surface area contributed by atoms with Crippen molar-refractivity contribution in [3.63, 3.8) is 0 Å². The van der Waals surface area contributed by atoms with Gasteiger partial charge in [0, 0.05) is 30.9 Å². The van der Waals surface area contributed by atoms with E-state index in [9.17, 15) is 10.1 Å². The van der Waals surface area contributed by atoms with Gasteiger partial charge in [0.2, 0.25) is 0 Å². The first-order valence-electron chi connectivity index (χ1n) is 8.64. The predicted molar refractivity (Wildman–Crippen MR) is 107 cm³/mol. The fourth-order valence-corrected chi connectivity index (χ4v) is 3.13. The number of nitro groups is 1. The van der Waals surface area contributed by atoms with E-state index < -0.39 is 4.92 Å². The van der Waals surface area contributed by atoms with Crippen LogP contribution < -0.4 is 10.3 Å². The van der Waals surface area contributed by atoms with Crippen LogP contribution in [0, 0.1) is 10.1 Å². The molecule has 0 radical (unpaired) electrons. The second-order valence-corrected chi connectivity index (χ2v) is 6.39. The molecule has 0 aromatic heterocycles. The molecule has 4 rings (SSSR count). The van der Waals surface area contributed by atoms with E-state index in [-0.39, 0.29) is 5.69 Å². The van der Waals surface area contributed by atoms with Crippen LogP contribution in [0.4, 0.5) is 17.1 Å². The van der Waals surface area contributed by atoms with Crippen LogP contribution in [0.5, 0.6) is 0 Å². The van der Waals surface area contributed by atoms with Crippen molar-refractivity contribution < 1.29 is 4.92 Å². The number of nitrogens with zero attached hydrogens (tertiary/aromatic N) is 3. The Morgan fingerprint density at radius 3 is 2.15 bits per heavy atom. The number of fused-ring (bicyclic) bond motifs is 1. The monoisotopic (exact) mass is 358 g/mol. The molecule has 0 bridgehead atoms. The van der Waals surface area contributed by atoms with E-state index in [1.54, 1.807) is 18.3 Å². The molecule has 0 saturated heterocycles. The Hall–Kier alpha value is -3.67. The third-order valence-electron chi connectivity index (χ3n) is 4.58. The van der Waals surface area contributed by atoms with Crippen molar-refractivity contribution in [2.24, 2.45) is 5.10 Å². The summed E-state index contributed by atoms with van der Waals surface area (Å²) in [7, 11) is 0. The lowest BCUT2D eigenvalue weighted by Gasteiger charge is -2.17. The molecular weight excluding hydrogens is 340 g/mol. The van der Waals surface area contributed by atoms with E-state index in [0.717, 1.165) is 18.7 Å². The summed E-state index contributed by atoms with van der Waals surface area (Å²) in [6, 6.07) is 22.9. The van der Waals surface area contributed by atoms with E-state index in [1.807, 2.05) is 12.1 Å². The fraction of sp³-hybridized carbons (Fsp3) is 0.0952. The maximum absolute atomic E-state index is 10.7. The first-order chi connectivity index (χ1) is 13.2. The van der Waals surface area contributed by atoms with Crippen molar-refractivity contribution in [1.29, 1.82) is 0 Å². The summed E-state index contributed by atoms with van der Waals surface area (Å²) in [4.78, 5) is 12.6. The second kappa shape index (κ2) is 7.29. The normalized spacial score (nSPS) is 13.0. The van der Waals surface area contributed by atoms with E-state index in [2.05, 4.69) is 51.8 Å². The van der Waals surface area contributed by atoms with Crippen LogP contribution in [0.2, 0.25) is 0 Å². The third-order valence-corrected chi connectivity index (χ3v) is 4.58. The molecular formula is C21H18N4O2. The van der Waals surface area contributed by atoms with E-state index in [1.165, 1.54) is 28.9 Å². The molecule has 6 nitrogen and oxygen atoms in total. The fourth-order valence-electron chi connectivity index (χ4n) is 3.13. The predicted octanol–water partition coefficient (Wildman–Crippen LogP) is 4.56. The molecule has 0 aliphatic carbocycles. The van der Waals surface area contributed by atoms with Crippen molar-refractivity contribution in [2.45, 2.75) is 13.1 Å². The summed E-state index contributed by atoms with van der Waals surface area (Å²) >= 11 is 0. The third kappa shape index (κ3) is 3.79. The molecule has 1 heterocycles. The number of benzene rings is 3. The Labute approximate surface area is 156 Å². The Morgan fingerprint density at radius 2 is 1.56 bits per heavy atom. The molecule has 27 heavy (non-hydrogen) atoms. The van der Waals surface area contributed by atoms with Crippen LogP contribution in [-0.2, 0) is 13.1 Å². The van der Waals surface area contributed by atoms with Crippen molar-refractivity contribution in [1.82, 2.24) is 0 Å². The molecule has 1 N–H and O–H groups in total.